The molecule has 3 atom stereocenters. The number of fused-ring (bicyclic) bond motifs is 2. The molecule has 2 aliphatic rings. The smallest absolute Gasteiger partial charge is 0.333 e. The molecule has 1 fully saturated rings. The molecule has 2 aliphatic carbocycles. The number of aromatic nitrogens is 3. The van der Waals surface area contributed by atoms with Crippen molar-refractivity contribution < 1.29 is 12.6 Å². The number of benzene rings is 1. The lowest BCUT2D eigenvalue weighted by Gasteiger charge is -2.20. The normalized spacial score (nSPS) is 24.7. The third-order valence-corrected chi connectivity index (χ3v) is 7.44. The molecule has 1 saturated carbocycles. The Morgan fingerprint density at radius 1 is 1.22 bits per heavy atom. The maximum atomic E-state index is 11.1. The standard InChI is InChI=1S/C23H29N5O3S/c1-23(2)12-20(17-5-3-4-6-19(17)23)27-21-18-9-10-28(22(18)26-14-25-21)16-8-7-15(11-16)13-31-32(24,29)30/h3-6,9-10,14-16,20H,7-8,11-13H2,1-2H3,(H2,24,29,30)(H,25,26,27)/t15-,16-,20+/m0/s1. The number of hydrogen-bond acceptors (Lipinski definition) is 6. The first-order valence-corrected chi connectivity index (χ1v) is 12.5. The molecule has 0 spiro atoms. The van der Waals surface area contributed by atoms with E-state index in [1.165, 1.54) is 11.1 Å². The summed E-state index contributed by atoms with van der Waals surface area (Å²) in [6, 6.07) is 11.1. The molecule has 0 radical (unpaired) electrons. The molecule has 9 heteroatoms. The number of nitrogens with one attached hydrogen (secondary N) is 1. The van der Waals surface area contributed by atoms with Gasteiger partial charge in [-0.3, -0.25) is 4.18 Å². The molecule has 0 unspecified atom stereocenters. The monoisotopic (exact) mass is 455 g/mol. The quantitative estimate of drug-likeness (QED) is 0.584. The van der Waals surface area contributed by atoms with Gasteiger partial charge in [0.2, 0.25) is 0 Å². The van der Waals surface area contributed by atoms with E-state index in [2.05, 4.69) is 70.2 Å². The van der Waals surface area contributed by atoms with Gasteiger partial charge in [0.25, 0.3) is 0 Å². The second-order valence-electron chi connectivity index (χ2n) is 9.66. The van der Waals surface area contributed by atoms with Crippen LogP contribution in [0.5, 0.6) is 0 Å². The van der Waals surface area contributed by atoms with Gasteiger partial charge in [-0.15, -0.1) is 0 Å². The molecule has 3 aromatic rings. The van der Waals surface area contributed by atoms with E-state index in [-0.39, 0.29) is 30.0 Å². The van der Waals surface area contributed by atoms with E-state index < -0.39 is 10.3 Å². The number of hydrogen-bond donors (Lipinski definition) is 2. The summed E-state index contributed by atoms with van der Waals surface area (Å²) < 4.78 is 29.2. The molecule has 3 N–H and O–H groups in total. The zero-order valence-electron chi connectivity index (χ0n) is 18.4. The van der Waals surface area contributed by atoms with Crippen LogP contribution in [0.25, 0.3) is 11.0 Å². The number of nitrogens with zero attached hydrogens (tertiary/aromatic N) is 3. The van der Waals surface area contributed by atoms with Gasteiger partial charge in [-0.05, 0) is 54.2 Å². The molecule has 2 aromatic heterocycles. The Hall–Kier alpha value is -2.49. The van der Waals surface area contributed by atoms with Gasteiger partial charge < -0.3 is 9.88 Å². The highest BCUT2D eigenvalue weighted by molar-refractivity contribution is 7.84. The highest BCUT2D eigenvalue weighted by Gasteiger charge is 2.37. The topological polar surface area (TPSA) is 112 Å². The summed E-state index contributed by atoms with van der Waals surface area (Å²) in [6.45, 7) is 4.71. The van der Waals surface area contributed by atoms with Gasteiger partial charge in [-0.25, -0.2) is 15.1 Å². The minimum absolute atomic E-state index is 0.115. The fourth-order valence-corrected chi connectivity index (χ4v) is 5.85. The highest BCUT2D eigenvalue weighted by Crippen LogP contribution is 2.46. The zero-order valence-corrected chi connectivity index (χ0v) is 19.2. The first kappa shape index (κ1) is 21.4. The van der Waals surface area contributed by atoms with Crippen LogP contribution in [0.2, 0.25) is 0 Å². The number of rotatable bonds is 6. The van der Waals surface area contributed by atoms with Gasteiger partial charge >= 0.3 is 10.3 Å². The Labute approximate surface area is 188 Å². The van der Waals surface area contributed by atoms with Gasteiger partial charge in [-0.1, -0.05) is 38.1 Å². The van der Waals surface area contributed by atoms with Crippen LogP contribution < -0.4 is 10.5 Å². The van der Waals surface area contributed by atoms with Crippen LogP contribution in [0.3, 0.4) is 0 Å². The fraction of sp³-hybridized carbons (Fsp3) is 0.478. The van der Waals surface area contributed by atoms with Gasteiger partial charge in [0.15, 0.2) is 0 Å². The summed E-state index contributed by atoms with van der Waals surface area (Å²) >= 11 is 0. The summed E-state index contributed by atoms with van der Waals surface area (Å²) in [4.78, 5) is 9.14. The van der Waals surface area contributed by atoms with E-state index >= 15 is 0 Å². The summed E-state index contributed by atoms with van der Waals surface area (Å²) in [5.74, 6) is 1.01. The molecule has 0 aliphatic heterocycles. The average Bonchev–Trinajstić information content (AvgIpc) is 3.43. The summed E-state index contributed by atoms with van der Waals surface area (Å²) in [5.41, 5.74) is 3.73. The van der Waals surface area contributed by atoms with E-state index in [0.717, 1.165) is 42.5 Å². The third kappa shape index (κ3) is 4.00. The average molecular weight is 456 g/mol. The van der Waals surface area contributed by atoms with Crippen molar-refractivity contribution in [3.05, 3.63) is 54.0 Å². The zero-order chi connectivity index (χ0) is 22.5. The largest absolute Gasteiger partial charge is 0.363 e. The van der Waals surface area contributed by atoms with Crippen molar-refractivity contribution >= 4 is 27.2 Å². The second kappa shape index (κ2) is 7.83. The van der Waals surface area contributed by atoms with E-state index in [0.29, 0.717) is 0 Å². The van der Waals surface area contributed by atoms with Gasteiger partial charge in [0, 0.05) is 12.2 Å². The van der Waals surface area contributed by atoms with Crippen LogP contribution in [0, 0.1) is 5.92 Å². The van der Waals surface area contributed by atoms with Crippen molar-refractivity contribution in [2.45, 2.75) is 57.0 Å². The number of nitrogens with two attached hydrogens (primary N) is 1. The summed E-state index contributed by atoms with van der Waals surface area (Å²) in [6.07, 6.45) is 7.35. The second-order valence-corrected chi connectivity index (χ2v) is 10.9. The first-order chi connectivity index (χ1) is 15.2. The fourth-order valence-electron chi connectivity index (χ4n) is 5.47. The van der Waals surface area contributed by atoms with Gasteiger partial charge in [0.1, 0.15) is 17.8 Å². The molecule has 8 nitrogen and oxygen atoms in total. The molecule has 170 valence electrons. The Kier molecular flexibility index (Phi) is 5.22. The molecule has 0 bridgehead atoms. The SMILES string of the molecule is CC1(C)C[C@@H](Nc2ncnc3c2ccn3[C@H]2CC[C@H](COS(N)(=O)=O)C2)c2ccccc21. The van der Waals surface area contributed by atoms with E-state index in [1.807, 2.05) is 0 Å². The molecule has 5 rings (SSSR count). The Morgan fingerprint density at radius 3 is 2.84 bits per heavy atom. The van der Waals surface area contributed by atoms with Crippen molar-refractivity contribution in [2.75, 3.05) is 11.9 Å². The van der Waals surface area contributed by atoms with Crippen LogP contribution in [0.4, 0.5) is 5.82 Å². The summed E-state index contributed by atoms with van der Waals surface area (Å²) in [7, 11) is -3.90. The van der Waals surface area contributed by atoms with Crippen LogP contribution in [-0.2, 0) is 19.9 Å². The van der Waals surface area contributed by atoms with Crippen LogP contribution in [-0.4, -0.2) is 29.6 Å². The highest BCUT2D eigenvalue weighted by atomic mass is 32.2. The molecule has 0 saturated heterocycles. The summed E-state index contributed by atoms with van der Waals surface area (Å²) in [5, 5.41) is 9.65. The Morgan fingerprint density at radius 2 is 2.03 bits per heavy atom. The van der Waals surface area contributed by atoms with Crippen LogP contribution in [0.1, 0.15) is 62.7 Å². The van der Waals surface area contributed by atoms with E-state index in [9.17, 15) is 8.42 Å². The van der Waals surface area contributed by atoms with Crippen molar-refractivity contribution in [3.8, 4) is 0 Å². The molecule has 32 heavy (non-hydrogen) atoms. The Balaban J connectivity index is 1.37. The van der Waals surface area contributed by atoms with E-state index in [1.54, 1.807) is 6.33 Å². The van der Waals surface area contributed by atoms with Crippen LogP contribution >= 0.6 is 0 Å². The lowest BCUT2D eigenvalue weighted by Crippen LogP contribution is -2.19. The maximum Gasteiger partial charge on any atom is 0.333 e. The minimum atomic E-state index is -3.90. The van der Waals surface area contributed by atoms with Crippen molar-refractivity contribution in [2.24, 2.45) is 11.1 Å². The predicted octanol–water partition coefficient (Wildman–Crippen LogP) is 3.83. The maximum absolute atomic E-state index is 11.1. The lowest BCUT2D eigenvalue weighted by atomic mass is 9.86. The van der Waals surface area contributed by atoms with Gasteiger partial charge in [0.05, 0.1) is 18.0 Å². The molecule has 1 aromatic carbocycles. The third-order valence-electron chi connectivity index (χ3n) is 6.97. The minimum Gasteiger partial charge on any atom is -0.363 e. The molecular formula is C23H29N5O3S. The molecule has 2 heterocycles. The molecular weight excluding hydrogens is 426 g/mol. The van der Waals surface area contributed by atoms with Crippen LogP contribution in [0.15, 0.2) is 42.9 Å². The lowest BCUT2D eigenvalue weighted by molar-refractivity contribution is 0.253. The van der Waals surface area contributed by atoms with Crippen molar-refractivity contribution in [3.63, 3.8) is 0 Å². The number of anilines is 1. The van der Waals surface area contributed by atoms with Crippen molar-refractivity contribution in [1.82, 2.24) is 14.5 Å². The molecule has 0 amide bonds. The Bertz CT molecular complexity index is 1250. The van der Waals surface area contributed by atoms with E-state index in [4.69, 9.17) is 9.32 Å². The predicted molar refractivity (Wildman–Crippen MR) is 123 cm³/mol. The van der Waals surface area contributed by atoms with Gasteiger partial charge in [-0.2, -0.15) is 8.42 Å². The first-order valence-electron chi connectivity index (χ1n) is 11.1. The van der Waals surface area contributed by atoms with Crippen molar-refractivity contribution in [1.29, 1.82) is 0 Å².